The lowest BCUT2D eigenvalue weighted by Gasteiger charge is -2.10. The zero-order chi connectivity index (χ0) is 21.6. The van der Waals surface area contributed by atoms with E-state index in [1.54, 1.807) is 85.7 Å². The summed E-state index contributed by atoms with van der Waals surface area (Å²) in [6.45, 7) is 1.79. The van der Waals surface area contributed by atoms with Gasteiger partial charge in [-0.15, -0.1) is 0 Å². The van der Waals surface area contributed by atoms with Gasteiger partial charge in [-0.25, -0.2) is 14.5 Å². The van der Waals surface area contributed by atoms with Gasteiger partial charge in [0.05, 0.1) is 7.11 Å². The standard InChI is InChI=1S/C22H20N6O3/c1-15-24-20(28-13-3-12-23-28)14-21(25-15)31-19-10-6-17(7-11-19)27-22(29)26-16-4-8-18(30-2)9-5-16/h3-14H,1-2H3,(H2,26,27,29). The first-order valence-corrected chi connectivity index (χ1v) is 9.45. The number of benzene rings is 2. The lowest BCUT2D eigenvalue weighted by molar-refractivity contribution is 0.262. The van der Waals surface area contributed by atoms with Crippen LogP contribution in [0.1, 0.15) is 5.82 Å². The molecule has 0 radical (unpaired) electrons. The number of urea groups is 1. The highest BCUT2D eigenvalue weighted by molar-refractivity contribution is 5.99. The topological polar surface area (TPSA) is 103 Å². The van der Waals surface area contributed by atoms with Crippen LogP contribution in [0.2, 0.25) is 0 Å². The summed E-state index contributed by atoms with van der Waals surface area (Å²) >= 11 is 0. The van der Waals surface area contributed by atoms with Gasteiger partial charge in [0, 0.05) is 29.8 Å². The Morgan fingerprint density at radius 2 is 1.58 bits per heavy atom. The average Bonchev–Trinajstić information content (AvgIpc) is 3.30. The number of carbonyl (C=O) groups is 1. The Kier molecular flexibility index (Phi) is 5.75. The van der Waals surface area contributed by atoms with Gasteiger partial charge in [0.1, 0.15) is 17.3 Å². The molecule has 2 N–H and O–H groups in total. The van der Waals surface area contributed by atoms with Gasteiger partial charge >= 0.3 is 6.03 Å². The molecule has 0 saturated heterocycles. The minimum absolute atomic E-state index is 0.353. The predicted molar refractivity (Wildman–Crippen MR) is 116 cm³/mol. The summed E-state index contributed by atoms with van der Waals surface area (Å²) in [7, 11) is 1.59. The van der Waals surface area contributed by atoms with Crippen LogP contribution in [0.4, 0.5) is 16.2 Å². The van der Waals surface area contributed by atoms with Crippen LogP contribution in [-0.2, 0) is 0 Å². The van der Waals surface area contributed by atoms with E-state index in [-0.39, 0.29) is 6.03 Å². The number of rotatable bonds is 6. The second kappa shape index (κ2) is 8.95. The maximum absolute atomic E-state index is 12.2. The van der Waals surface area contributed by atoms with Gasteiger partial charge in [0.25, 0.3) is 0 Å². The number of hydrogen-bond donors (Lipinski definition) is 2. The molecule has 2 heterocycles. The summed E-state index contributed by atoms with van der Waals surface area (Å²) in [6.07, 6.45) is 3.47. The summed E-state index contributed by atoms with van der Waals surface area (Å²) in [6, 6.07) is 17.2. The summed E-state index contributed by atoms with van der Waals surface area (Å²) < 4.78 is 12.6. The number of aromatic nitrogens is 4. The first kappa shape index (κ1) is 19.9. The Hall–Kier alpha value is -4.40. The van der Waals surface area contributed by atoms with Crippen LogP contribution < -0.4 is 20.1 Å². The minimum atomic E-state index is -0.353. The predicted octanol–water partition coefficient (Wildman–Crippen LogP) is 4.42. The van der Waals surface area contributed by atoms with Gasteiger partial charge in [0.15, 0.2) is 5.82 Å². The van der Waals surface area contributed by atoms with E-state index in [4.69, 9.17) is 9.47 Å². The number of ether oxygens (including phenoxy) is 2. The summed E-state index contributed by atoms with van der Waals surface area (Å²) in [5.74, 6) is 2.87. The third kappa shape index (κ3) is 5.15. The van der Waals surface area contributed by atoms with Crippen molar-refractivity contribution in [3.05, 3.63) is 78.9 Å². The van der Waals surface area contributed by atoms with Crippen molar-refractivity contribution in [1.82, 2.24) is 19.7 Å². The molecule has 0 saturated carbocycles. The van der Waals surface area contributed by atoms with E-state index in [9.17, 15) is 4.79 Å². The zero-order valence-electron chi connectivity index (χ0n) is 16.9. The number of hydrogen-bond acceptors (Lipinski definition) is 6. The zero-order valence-corrected chi connectivity index (χ0v) is 16.9. The maximum Gasteiger partial charge on any atom is 0.323 e. The van der Waals surface area contributed by atoms with Crippen molar-refractivity contribution in [1.29, 1.82) is 0 Å². The molecule has 0 bridgehead atoms. The normalized spacial score (nSPS) is 10.4. The van der Waals surface area contributed by atoms with Gasteiger partial charge in [-0.2, -0.15) is 10.1 Å². The summed E-state index contributed by atoms with van der Waals surface area (Å²) in [5, 5.41) is 9.70. The molecule has 31 heavy (non-hydrogen) atoms. The molecule has 0 aliphatic heterocycles. The van der Waals surface area contributed by atoms with Crippen molar-refractivity contribution >= 4 is 17.4 Å². The number of amides is 2. The minimum Gasteiger partial charge on any atom is -0.497 e. The molecule has 2 amide bonds. The number of nitrogens with one attached hydrogen (secondary N) is 2. The van der Waals surface area contributed by atoms with Crippen LogP contribution in [-0.4, -0.2) is 32.9 Å². The molecule has 4 rings (SSSR count). The molecule has 4 aromatic rings. The molecular formula is C22H20N6O3. The smallest absolute Gasteiger partial charge is 0.323 e. The van der Waals surface area contributed by atoms with Crippen LogP contribution in [0.25, 0.3) is 5.82 Å². The fourth-order valence-electron chi connectivity index (χ4n) is 2.79. The molecule has 9 nitrogen and oxygen atoms in total. The van der Waals surface area contributed by atoms with Gasteiger partial charge in [-0.3, -0.25) is 0 Å². The lowest BCUT2D eigenvalue weighted by Crippen LogP contribution is -2.19. The molecule has 0 aliphatic carbocycles. The van der Waals surface area contributed by atoms with Gasteiger partial charge in [-0.1, -0.05) is 0 Å². The molecule has 9 heteroatoms. The van der Waals surface area contributed by atoms with Gasteiger partial charge < -0.3 is 20.1 Å². The Balaban J connectivity index is 1.38. The molecule has 2 aromatic carbocycles. The van der Waals surface area contributed by atoms with E-state index in [0.29, 0.717) is 34.6 Å². The second-order valence-corrected chi connectivity index (χ2v) is 6.50. The van der Waals surface area contributed by atoms with E-state index in [2.05, 4.69) is 25.7 Å². The molecule has 0 atom stereocenters. The molecular weight excluding hydrogens is 396 g/mol. The van der Waals surface area contributed by atoms with Crippen molar-refractivity contribution in [3.63, 3.8) is 0 Å². The van der Waals surface area contributed by atoms with E-state index in [0.717, 1.165) is 5.75 Å². The lowest BCUT2D eigenvalue weighted by atomic mass is 10.3. The highest BCUT2D eigenvalue weighted by Crippen LogP contribution is 2.23. The first-order chi connectivity index (χ1) is 15.1. The van der Waals surface area contributed by atoms with Crippen molar-refractivity contribution in [3.8, 4) is 23.2 Å². The Morgan fingerprint density at radius 1 is 0.935 bits per heavy atom. The van der Waals surface area contributed by atoms with Gasteiger partial charge in [-0.05, 0) is 61.5 Å². The first-order valence-electron chi connectivity index (χ1n) is 9.45. The summed E-state index contributed by atoms with van der Waals surface area (Å²) in [4.78, 5) is 20.9. The summed E-state index contributed by atoms with van der Waals surface area (Å²) in [5.41, 5.74) is 1.28. The fraction of sp³-hybridized carbons (Fsp3) is 0.0909. The van der Waals surface area contributed by atoms with Crippen molar-refractivity contribution < 1.29 is 14.3 Å². The Morgan fingerprint density at radius 3 is 2.16 bits per heavy atom. The van der Waals surface area contributed by atoms with E-state index >= 15 is 0 Å². The average molecular weight is 416 g/mol. The number of aryl methyl sites for hydroxylation is 1. The van der Waals surface area contributed by atoms with Crippen LogP contribution in [0.3, 0.4) is 0 Å². The van der Waals surface area contributed by atoms with E-state index in [1.807, 2.05) is 6.07 Å². The highest BCUT2D eigenvalue weighted by Gasteiger charge is 2.08. The second-order valence-electron chi connectivity index (χ2n) is 6.50. The van der Waals surface area contributed by atoms with E-state index in [1.165, 1.54) is 0 Å². The van der Waals surface area contributed by atoms with Crippen LogP contribution in [0.15, 0.2) is 73.1 Å². The third-order valence-corrected chi connectivity index (χ3v) is 4.22. The maximum atomic E-state index is 12.2. The molecule has 156 valence electrons. The fourth-order valence-corrected chi connectivity index (χ4v) is 2.79. The Labute approximate surface area is 178 Å². The SMILES string of the molecule is COc1ccc(NC(=O)Nc2ccc(Oc3cc(-n4cccn4)nc(C)n3)cc2)cc1. The quantitative estimate of drug-likeness (QED) is 0.482. The van der Waals surface area contributed by atoms with E-state index < -0.39 is 0 Å². The van der Waals surface area contributed by atoms with Gasteiger partial charge in [0.2, 0.25) is 5.88 Å². The molecule has 0 unspecified atom stereocenters. The number of methoxy groups -OCH3 is 1. The highest BCUT2D eigenvalue weighted by atomic mass is 16.5. The monoisotopic (exact) mass is 416 g/mol. The molecule has 2 aromatic heterocycles. The van der Waals surface area contributed by atoms with Crippen molar-refractivity contribution in [2.45, 2.75) is 6.92 Å². The van der Waals surface area contributed by atoms with Crippen LogP contribution in [0.5, 0.6) is 17.4 Å². The molecule has 0 spiro atoms. The third-order valence-electron chi connectivity index (χ3n) is 4.22. The number of anilines is 2. The largest absolute Gasteiger partial charge is 0.497 e. The van der Waals surface area contributed by atoms with Crippen molar-refractivity contribution in [2.24, 2.45) is 0 Å². The van der Waals surface area contributed by atoms with Crippen LogP contribution >= 0.6 is 0 Å². The number of carbonyl (C=O) groups excluding carboxylic acids is 1. The molecule has 0 fully saturated rings. The molecule has 0 aliphatic rings. The van der Waals surface area contributed by atoms with Crippen LogP contribution in [0, 0.1) is 6.92 Å². The van der Waals surface area contributed by atoms with Crippen molar-refractivity contribution in [2.75, 3.05) is 17.7 Å². The Bertz CT molecular complexity index is 1160. The number of nitrogens with zero attached hydrogens (tertiary/aromatic N) is 4.